The first-order chi connectivity index (χ1) is 12.4. The Bertz CT molecular complexity index is 751. The van der Waals surface area contributed by atoms with E-state index < -0.39 is 11.7 Å². The fourth-order valence-electron chi connectivity index (χ4n) is 1.94. The van der Waals surface area contributed by atoms with Gasteiger partial charge in [-0.3, -0.25) is 9.59 Å². The van der Waals surface area contributed by atoms with Gasteiger partial charge in [0.25, 0.3) is 5.91 Å². The summed E-state index contributed by atoms with van der Waals surface area (Å²) in [7, 11) is 0. The number of ether oxygens (including phenoxy) is 1. The van der Waals surface area contributed by atoms with Crippen LogP contribution in [0.25, 0.3) is 0 Å². The highest BCUT2D eigenvalue weighted by Crippen LogP contribution is 2.15. The van der Waals surface area contributed by atoms with Crippen molar-refractivity contribution >= 4 is 28.8 Å². The minimum atomic E-state index is -0.481. The Morgan fingerprint density at radius 2 is 2.12 bits per heavy atom. The van der Waals surface area contributed by atoms with Gasteiger partial charge in [-0.05, 0) is 30.5 Å². The van der Waals surface area contributed by atoms with Gasteiger partial charge in [-0.15, -0.1) is 10.2 Å². The van der Waals surface area contributed by atoms with Crippen molar-refractivity contribution in [3.05, 3.63) is 40.1 Å². The summed E-state index contributed by atoms with van der Waals surface area (Å²) in [4.78, 5) is 23.7. The van der Waals surface area contributed by atoms with Gasteiger partial charge < -0.3 is 15.4 Å². The van der Waals surface area contributed by atoms with Gasteiger partial charge in [0.05, 0.1) is 0 Å². The minimum Gasteiger partial charge on any atom is -0.364 e. The second kappa shape index (κ2) is 9.93. The molecular formula is C17H21FN4O3S. The second-order valence-electron chi connectivity index (χ2n) is 5.99. The third kappa shape index (κ3) is 6.85. The van der Waals surface area contributed by atoms with Crippen LogP contribution in [0.3, 0.4) is 0 Å². The molecule has 26 heavy (non-hydrogen) atoms. The predicted octanol–water partition coefficient (Wildman–Crippen LogP) is 2.61. The van der Waals surface area contributed by atoms with Crippen molar-refractivity contribution in [3.63, 3.8) is 0 Å². The average Bonchev–Trinajstić information content (AvgIpc) is 3.03. The van der Waals surface area contributed by atoms with Gasteiger partial charge in [-0.25, -0.2) is 4.39 Å². The normalized spacial score (nSPS) is 10.8. The monoisotopic (exact) mass is 380 g/mol. The lowest BCUT2D eigenvalue weighted by molar-refractivity contribution is -0.126. The highest BCUT2D eigenvalue weighted by molar-refractivity contribution is 7.13. The Kier molecular flexibility index (Phi) is 7.61. The number of nitrogens with zero attached hydrogens (tertiary/aromatic N) is 2. The third-order valence-corrected chi connectivity index (χ3v) is 4.14. The SMILES string of the molecule is CC(C)CCNC(=O)COCc1nnc(C(=O)Nc2cccc(F)c2)s1. The minimum absolute atomic E-state index is 0.0809. The molecule has 0 aliphatic heterocycles. The van der Waals surface area contributed by atoms with Gasteiger partial charge >= 0.3 is 0 Å². The number of carbonyl (C=O) groups excluding carboxylic acids is 2. The van der Waals surface area contributed by atoms with E-state index in [2.05, 4.69) is 34.7 Å². The van der Waals surface area contributed by atoms with E-state index in [9.17, 15) is 14.0 Å². The molecule has 0 saturated carbocycles. The molecule has 0 unspecified atom stereocenters. The van der Waals surface area contributed by atoms with E-state index in [1.54, 1.807) is 6.07 Å². The van der Waals surface area contributed by atoms with Crippen molar-refractivity contribution in [2.45, 2.75) is 26.9 Å². The molecule has 0 spiro atoms. The van der Waals surface area contributed by atoms with Gasteiger partial charge in [0, 0.05) is 12.2 Å². The van der Waals surface area contributed by atoms with Crippen molar-refractivity contribution in [1.82, 2.24) is 15.5 Å². The number of nitrogens with one attached hydrogen (secondary N) is 2. The Morgan fingerprint density at radius 3 is 2.85 bits per heavy atom. The van der Waals surface area contributed by atoms with Crippen LogP contribution in [0.4, 0.5) is 10.1 Å². The number of hydrogen-bond donors (Lipinski definition) is 2. The molecule has 2 amide bonds. The summed E-state index contributed by atoms with van der Waals surface area (Å²) in [6.45, 7) is 4.79. The molecule has 1 aromatic carbocycles. The van der Waals surface area contributed by atoms with Gasteiger partial charge in [0.1, 0.15) is 24.0 Å². The van der Waals surface area contributed by atoms with Crippen LogP contribution >= 0.6 is 11.3 Å². The molecule has 9 heteroatoms. The first-order valence-corrected chi connectivity index (χ1v) is 8.99. The van der Waals surface area contributed by atoms with Crippen LogP contribution < -0.4 is 10.6 Å². The summed E-state index contributed by atoms with van der Waals surface area (Å²) < 4.78 is 18.4. The maximum Gasteiger partial charge on any atom is 0.286 e. The van der Waals surface area contributed by atoms with Crippen LogP contribution in [0, 0.1) is 11.7 Å². The zero-order chi connectivity index (χ0) is 18.9. The lowest BCUT2D eigenvalue weighted by Crippen LogP contribution is -2.29. The lowest BCUT2D eigenvalue weighted by atomic mass is 10.1. The molecule has 0 aliphatic carbocycles. The molecule has 0 radical (unpaired) electrons. The Balaban J connectivity index is 1.75. The van der Waals surface area contributed by atoms with E-state index in [0.717, 1.165) is 17.8 Å². The molecule has 1 heterocycles. The summed E-state index contributed by atoms with van der Waals surface area (Å²) in [5, 5.41) is 13.6. The van der Waals surface area contributed by atoms with E-state index in [1.807, 2.05) is 0 Å². The summed E-state index contributed by atoms with van der Waals surface area (Å²) in [5.41, 5.74) is 0.334. The molecule has 2 N–H and O–H groups in total. The number of amides is 2. The van der Waals surface area contributed by atoms with Crippen molar-refractivity contribution < 1.29 is 18.7 Å². The van der Waals surface area contributed by atoms with Gasteiger partial charge in [0.2, 0.25) is 10.9 Å². The molecule has 2 aromatic rings. The molecular weight excluding hydrogens is 359 g/mol. The number of anilines is 1. The quantitative estimate of drug-likeness (QED) is 0.697. The number of rotatable bonds is 9. The maximum atomic E-state index is 13.1. The standard InChI is InChI=1S/C17H21FN4O3S/c1-11(2)6-7-19-14(23)9-25-10-15-21-22-17(26-15)16(24)20-13-5-3-4-12(18)8-13/h3-5,8,11H,6-7,9-10H2,1-2H3,(H,19,23)(H,20,24). The van der Waals surface area contributed by atoms with E-state index in [-0.39, 0.29) is 24.1 Å². The molecule has 0 bridgehead atoms. The second-order valence-corrected chi connectivity index (χ2v) is 7.05. The highest BCUT2D eigenvalue weighted by atomic mass is 32.1. The van der Waals surface area contributed by atoms with Crippen LogP contribution in [0.15, 0.2) is 24.3 Å². The van der Waals surface area contributed by atoms with Gasteiger partial charge in [0.15, 0.2) is 0 Å². The van der Waals surface area contributed by atoms with Crippen molar-refractivity contribution in [2.75, 3.05) is 18.5 Å². The summed E-state index contributed by atoms with van der Waals surface area (Å²) in [6.07, 6.45) is 0.909. The average molecular weight is 380 g/mol. The Labute approximate surface area is 155 Å². The van der Waals surface area contributed by atoms with Crippen molar-refractivity contribution in [2.24, 2.45) is 5.92 Å². The molecule has 0 atom stereocenters. The summed E-state index contributed by atoms with van der Waals surface area (Å²) >= 11 is 1.05. The van der Waals surface area contributed by atoms with E-state index in [0.29, 0.717) is 23.2 Å². The van der Waals surface area contributed by atoms with E-state index in [1.165, 1.54) is 18.2 Å². The van der Waals surface area contributed by atoms with Crippen LogP contribution in [0.1, 0.15) is 35.1 Å². The number of benzene rings is 1. The first-order valence-electron chi connectivity index (χ1n) is 8.18. The number of halogens is 1. The van der Waals surface area contributed by atoms with Crippen LogP contribution in [0.5, 0.6) is 0 Å². The fraction of sp³-hybridized carbons (Fsp3) is 0.412. The highest BCUT2D eigenvalue weighted by Gasteiger charge is 2.14. The van der Waals surface area contributed by atoms with Crippen LogP contribution in [-0.2, 0) is 16.1 Å². The van der Waals surface area contributed by atoms with Crippen molar-refractivity contribution in [1.29, 1.82) is 0 Å². The molecule has 140 valence electrons. The zero-order valence-corrected chi connectivity index (χ0v) is 15.4. The van der Waals surface area contributed by atoms with Crippen LogP contribution in [-0.4, -0.2) is 35.2 Å². The fourth-order valence-corrected chi connectivity index (χ4v) is 2.61. The smallest absolute Gasteiger partial charge is 0.286 e. The maximum absolute atomic E-state index is 13.1. The van der Waals surface area contributed by atoms with E-state index >= 15 is 0 Å². The van der Waals surface area contributed by atoms with E-state index in [4.69, 9.17) is 4.74 Å². The molecule has 1 aromatic heterocycles. The predicted molar refractivity (Wildman–Crippen MR) is 96.4 cm³/mol. The number of carbonyl (C=O) groups is 2. The summed E-state index contributed by atoms with van der Waals surface area (Å²) in [6, 6.07) is 5.57. The third-order valence-electron chi connectivity index (χ3n) is 3.25. The molecule has 7 nitrogen and oxygen atoms in total. The van der Waals surface area contributed by atoms with Gasteiger partial charge in [-0.2, -0.15) is 0 Å². The Hall–Kier alpha value is -2.39. The number of hydrogen-bond acceptors (Lipinski definition) is 6. The summed E-state index contributed by atoms with van der Waals surface area (Å²) in [5.74, 6) is -0.597. The zero-order valence-electron chi connectivity index (χ0n) is 14.6. The molecule has 0 fully saturated rings. The lowest BCUT2D eigenvalue weighted by Gasteiger charge is -2.06. The Morgan fingerprint density at radius 1 is 1.31 bits per heavy atom. The molecule has 0 saturated heterocycles. The topological polar surface area (TPSA) is 93.2 Å². The molecule has 2 rings (SSSR count). The number of aromatic nitrogens is 2. The molecule has 0 aliphatic rings. The van der Waals surface area contributed by atoms with Crippen LogP contribution in [0.2, 0.25) is 0 Å². The largest absolute Gasteiger partial charge is 0.364 e. The van der Waals surface area contributed by atoms with Gasteiger partial charge in [-0.1, -0.05) is 31.3 Å². The first kappa shape index (κ1) is 19.9. The van der Waals surface area contributed by atoms with Crippen molar-refractivity contribution in [3.8, 4) is 0 Å².